The molecule has 1 saturated carbocycles. The van der Waals surface area contributed by atoms with Crippen LogP contribution in [-0.2, 0) is 9.59 Å². The highest BCUT2D eigenvalue weighted by Gasteiger charge is 2.36. The predicted molar refractivity (Wildman–Crippen MR) is 69.5 cm³/mol. The molecular formula is C14H17NO4. The summed E-state index contributed by atoms with van der Waals surface area (Å²) >= 11 is 0. The lowest BCUT2D eigenvalue weighted by Crippen LogP contribution is -2.23. The van der Waals surface area contributed by atoms with Gasteiger partial charge in [0.25, 0.3) is 0 Å². The van der Waals surface area contributed by atoms with Gasteiger partial charge < -0.3 is 14.8 Å². The lowest BCUT2D eigenvalue weighted by atomic mass is 10.3. The molecule has 0 aromatic carbocycles. The Kier molecular flexibility index (Phi) is 4.04. The van der Waals surface area contributed by atoms with Crippen molar-refractivity contribution < 1.29 is 19.1 Å². The molecule has 1 aliphatic rings. The van der Waals surface area contributed by atoms with Crippen molar-refractivity contribution in [3.05, 3.63) is 29.7 Å². The molecule has 2 atom stereocenters. The first-order valence-corrected chi connectivity index (χ1v) is 6.33. The Bertz CT molecular complexity index is 503. The zero-order valence-corrected chi connectivity index (χ0v) is 10.8. The summed E-state index contributed by atoms with van der Waals surface area (Å²) < 4.78 is 5.61. The highest BCUT2D eigenvalue weighted by Crippen LogP contribution is 2.47. The van der Waals surface area contributed by atoms with E-state index in [2.05, 4.69) is 12.2 Å². The first-order valence-electron chi connectivity index (χ1n) is 6.33. The van der Waals surface area contributed by atoms with E-state index in [1.165, 1.54) is 6.08 Å². The molecule has 2 N–H and O–H groups in total. The molecule has 1 aromatic rings. The van der Waals surface area contributed by atoms with Crippen LogP contribution in [0.4, 0.5) is 0 Å². The van der Waals surface area contributed by atoms with Crippen LogP contribution in [0.1, 0.15) is 37.2 Å². The molecule has 1 amide bonds. The maximum absolute atomic E-state index is 11.4. The van der Waals surface area contributed by atoms with Gasteiger partial charge in [0.1, 0.15) is 11.5 Å². The van der Waals surface area contributed by atoms with Gasteiger partial charge >= 0.3 is 5.97 Å². The van der Waals surface area contributed by atoms with Crippen LogP contribution >= 0.6 is 0 Å². The van der Waals surface area contributed by atoms with Gasteiger partial charge in [0.2, 0.25) is 5.91 Å². The number of nitrogens with one attached hydrogen (secondary N) is 1. The molecule has 0 bridgehead atoms. The third-order valence-electron chi connectivity index (χ3n) is 3.16. The maximum Gasteiger partial charge on any atom is 0.305 e. The highest BCUT2D eigenvalue weighted by atomic mass is 16.4. The minimum Gasteiger partial charge on any atom is -0.481 e. The van der Waals surface area contributed by atoms with Crippen molar-refractivity contribution in [3.63, 3.8) is 0 Å². The molecule has 102 valence electrons. The third-order valence-corrected chi connectivity index (χ3v) is 3.16. The number of aliphatic carboxylic acids is 1. The smallest absolute Gasteiger partial charge is 0.305 e. The fraction of sp³-hybridized carbons (Fsp3) is 0.429. The number of furan rings is 1. The molecule has 2 unspecified atom stereocenters. The van der Waals surface area contributed by atoms with Crippen LogP contribution in [0.15, 0.2) is 22.6 Å². The highest BCUT2D eigenvalue weighted by molar-refractivity contribution is 5.91. The summed E-state index contributed by atoms with van der Waals surface area (Å²) in [5, 5.41) is 10.9. The second-order valence-corrected chi connectivity index (χ2v) is 4.83. The Morgan fingerprint density at radius 1 is 1.53 bits per heavy atom. The van der Waals surface area contributed by atoms with Gasteiger partial charge in [-0.3, -0.25) is 9.59 Å². The Labute approximate surface area is 111 Å². The van der Waals surface area contributed by atoms with Crippen molar-refractivity contribution in [1.29, 1.82) is 0 Å². The number of hydrogen-bond donors (Lipinski definition) is 2. The number of hydrogen-bond acceptors (Lipinski definition) is 3. The first-order chi connectivity index (χ1) is 9.06. The lowest BCUT2D eigenvalue weighted by Gasteiger charge is -1.97. The largest absolute Gasteiger partial charge is 0.481 e. The monoisotopic (exact) mass is 263 g/mol. The van der Waals surface area contributed by atoms with Gasteiger partial charge in [-0.1, -0.05) is 6.92 Å². The minimum absolute atomic E-state index is 0.0793. The van der Waals surface area contributed by atoms with E-state index in [1.54, 1.807) is 6.08 Å². The lowest BCUT2D eigenvalue weighted by molar-refractivity contribution is -0.136. The molecule has 5 heteroatoms. The quantitative estimate of drug-likeness (QED) is 0.769. The van der Waals surface area contributed by atoms with E-state index in [0.29, 0.717) is 17.6 Å². The maximum atomic E-state index is 11.4. The Morgan fingerprint density at radius 2 is 2.26 bits per heavy atom. The second kappa shape index (κ2) is 5.73. The van der Waals surface area contributed by atoms with Gasteiger partial charge in [0, 0.05) is 18.5 Å². The van der Waals surface area contributed by atoms with Gasteiger partial charge in [-0.05, 0) is 30.5 Å². The zero-order chi connectivity index (χ0) is 13.8. The van der Waals surface area contributed by atoms with Crippen molar-refractivity contribution in [2.75, 3.05) is 6.54 Å². The Balaban J connectivity index is 1.79. The van der Waals surface area contributed by atoms with E-state index in [1.807, 2.05) is 12.1 Å². The summed E-state index contributed by atoms with van der Waals surface area (Å²) in [6.45, 7) is 2.31. The van der Waals surface area contributed by atoms with Crippen LogP contribution in [0, 0.1) is 5.92 Å². The Hall–Kier alpha value is -2.04. The van der Waals surface area contributed by atoms with Crippen molar-refractivity contribution >= 4 is 18.0 Å². The fourth-order valence-electron chi connectivity index (χ4n) is 1.89. The number of rotatable bonds is 6. The van der Waals surface area contributed by atoms with Crippen LogP contribution in [-0.4, -0.2) is 23.5 Å². The summed E-state index contributed by atoms with van der Waals surface area (Å²) in [6, 6.07) is 3.78. The van der Waals surface area contributed by atoms with Crippen molar-refractivity contribution in [3.8, 4) is 0 Å². The van der Waals surface area contributed by atoms with Crippen LogP contribution in [0.25, 0.3) is 6.08 Å². The van der Waals surface area contributed by atoms with Crippen molar-refractivity contribution in [2.24, 2.45) is 5.92 Å². The van der Waals surface area contributed by atoms with Crippen LogP contribution in [0.3, 0.4) is 0 Å². The predicted octanol–water partition coefficient (Wildman–Crippen LogP) is 2.01. The molecule has 1 aromatic heterocycles. The molecule has 1 heterocycles. The summed E-state index contributed by atoms with van der Waals surface area (Å²) in [4.78, 5) is 21.6. The number of carboxylic acids is 1. The molecule has 0 aliphatic heterocycles. The van der Waals surface area contributed by atoms with Gasteiger partial charge in [-0.15, -0.1) is 0 Å². The average Bonchev–Trinajstić information content (AvgIpc) is 2.90. The summed E-state index contributed by atoms with van der Waals surface area (Å²) in [5.74, 6) is 1.56. The standard InChI is InChI=1S/C14H17NO4/c1-9-8-11(9)12-4-2-10(19-12)3-5-13(16)15-7-6-14(17)18/h2-5,9,11H,6-8H2,1H3,(H,15,16)(H,17,18)/b5-3+. The molecular weight excluding hydrogens is 246 g/mol. The third kappa shape index (κ3) is 3.98. The molecule has 1 fully saturated rings. The number of carboxylic acid groups (broad SMARTS) is 1. The van der Waals surface area contributed by atoms with E-state index in [4.69, 9.17) is 9.52 Å². The SMILES string of the molecule is CC1CC1c1ccc(/C=C/C(=O)NCCC(=O)O)o1. The van der Waals surface area contributed by atoms with Gasteiger partial charge in [0.05, 0.1) is 6.42 Å². The van der Waals surface area contributed by atoms with Gasteiger partial charge in [-0.2, -0.15) is 0 Å². The normalized spacial score (nSPS) is 21.5. The van der Waals surface area contributed by atoms with Crippen LogP contribution < -0.4 is 5.32 Å². The van der Waals surface area contributed by atoms with E-state index >= 15 is 0 Å². The molecule has 19 heavy (non-hydrogen) atoms. The molecule has 0 saturated heterocycles. The number of carbonyl (C=O) groups excluding carboxylic acids is 1. The average molecular weight is 263 g/mol. The molecule has 0 spiro atoms. The molecule has 5 nitrogen and oxygen atoms in total. The second-order valence-electron chi connectivity index (χ2n) is 4.83. The topological polar surface area (TPSA) is 79.5 Å². The van der Waals surface area contributed by atoms with Gasteiger partial charge in [-0.25, -0.2) is 0 Å². The number of amides is 1. The zero-order valence-electron chi connectivity index (χ0n) is 10.8. The van der Waals surface area contributed by atoms with Crippen molar-refractivity contribution in [1.82, 2.24) is 5.32 Å². The number of carbonyl (C=O) groups is 2. The molecule has 1 aliphatic carbocycles. The summed E-state index contributed by atoms with van der Waals surface area (Å²) in [5.41, 5.74) is 0. The van der Waals surface area contributed by atoms with E-state index in [9.17, 15) is 9.59 Å². The van der Waals surface area contributed by atoms with Gasteiger partial charge in [0.15, 0.2) is 0 Å². The summed E-state index contributed by atoms with van der Waals surface area (Å²) in [6.07, 6.45) is 4.02. The summed E-state index contributed by atoms with van der Waals surface area (Å²) in [7, 11) is 0. The van der Waals surface area contributed by atoms with Crippen molar-refractivity contribution in [2.45, 2.75) is 25.7 Å². The molecule has 0 radical (unpaired) electrons. The van der Waals surface area contributed by atoms with Crippen LogP contribution in [0.2, 0.25) is 0 Å². The Morgan fingerprint density at radius 3 is 2.89 bits per heavy atom. The first kappa shape index (κ1) is 13.4. The van der Waals surface area contributed by atoms with E-state index in [-0.39, 0.29) is 18.9 Å². The fourth-order valence-corrected chi connectivity index (χ4v) is 1.89. The minimum atomic E-state index is -0.932. The molecule has 2 rings (SSSR count). The van der Waals surface area contributed by atoms with E-state index < -0.39 is 5.97 Å². The van der Waals surface area contributed by atoms with Crippen LogP contribution in [0.5, 0.6) is 0 Å². The van der Waals surface area contributed by atoms with E-state index in [0.717, 1.165) is 12.2 Å².